The summed E-state index contributed by atoms with van der Waals surface area (Å²) in [5, 5.41) is 6.67. The first-order valence-electron chi connectivity index (χ1n) is 9.40. The summed E-state index contributed by atoms with van der Waals surface area (Å²) in [6.07, 6.45) is 1.21. The Kier molecular flexibility index (Phi) is 10.5. The van der Waals surface area contributed by atoms with E-state index in [4.69, 9.17) is 14.2 Å². The van der Waals surface area contributed by atoms with E-state index in [1.165, 1.54) is 0 Å². The van der Waals surface area contributed by atoms with E-state index in [0.29, 0.717) is 12.5 Å². The van der Waals surface area contributed by atoms with E-state index in [0.717, 1.165) is 49.1 Å². The molecule has 1 rings (SSSR count). The van der Waals surface area contributed by atoms with Gasteiger partial charge in [-0.05, 0) is 38.3 Å². The molecule has 0 spiro atoms. The van der Waals surface area contributed by atoms with Gasteiger partial charge in [-0.1, -0.05) is 13.8 Å². The SMILES string of the molecule is CCNC(=NCc1ccc(OC)cc1OC)NCCC(OCC)C(C)C. The molecule has 0 aliphatic rings. The number of guanidine groups is 1. The maximum atomic E-state index is 5.80. The van der Waals surface area contributed by atoms with Gasteiger partial charge in [-0.15, -0.1) is 0 Å². The van der Waals surface area contributed by atoms with Gasteiger partial charge in [0.15, 0.2) is 5.96 Å². The van der Waals surface area contributed by atoms with Crippen LogP contribution in [-0.4, -0.2) is 46.0 Å². The lowest BCUT2D eigenvalue weighted by molar-refractivity contribution is 0.0258. The van der Waals surface area contributed by atoms with Crippen molar-refractivity contribution in [2.24, 2.45) is 10.9 Å². The predicted molar refractivity (Wildman–Crippen MR) is 107 cm³/mol. The fraction of sp³-hybridized carbons (Fsp3) is 0.650. The second-order valence-electron chi connectivity index (χ2n) is 6.33. The molecule has 6 nitrogen and oxygen atoms in total. The summed E-state index contributed by atoms with van der Waals surface area (Å²) in [5.41, 5.74) is 1.01. The molecule has 0 aliphatic heterocycles. The molecular weight excluding hydrogens is 330 g/mol. The molecule has 1 aromatic rings. The van der Waals surface area contributed by atoms with Gasteiger partial charge >= 0.3 is 0 Å². The number of hydrogen-bond acceptors (Lipinski definition) is 4. The van der Waals surface area contributed by atoms with Crippen molar-refractivity contribution in [1.29, 1.82) is 0 Å². The summed E-state index contributed by atoms with van der Waals surface area (Å²) in [5.74, 6) is 2.85. The first-order valence-corrected chi connectivity index (χ1v) is 9.40. The van der Waals surface area contributed by atoms with Crippen LogP contribution >= 0.6 is 0 Å². The van der Waals surface area contributed by atoms with Gasteiger partial charge in [-0.2, -0.15) is 0 Å². The summed E-state index contributed by atoms with van der Waals surface area (Å²) in [6.45, 7) is 11.4. The number of ether oxygens (including phenoxy) is 3. The third kappa shape index (κ3) is 7.52. The lowest BCUT2D eigenvalue weighted by atomic mass is 10.0. The van der Waals surface area contributed by atoms with Crippen LogP contribution in [0.5, 0.6) is 11.5 Å². The standard InChI is InChI=1S/C20H35N3O3/c1-7-21-20(22-12-11-18(15(3)4)26-8-2)23-14-16-9-10-17(24-5)13-19(16)25-6/h9-10,13,15,18H,7-8,11-12,14H2,1-6H3,(H2,21,22,23). The second kappa shape index (κ2) is 12.4. The molecule has 6 heteroatoms. The van der Waals surface area contributed by atoms with Crippen molar-refractivity contribution in [3.05, 3.63) is 23.8 Å². The van der Waals surface area contributed by atoms with Crippen molar-refractivity contribution in [1.82, 2.24) is 10.6 Å². The summed E-state index contributed by atoms with van der Waals surface area (Å²) >= 11 is 0. The Bertz CT molecular complexity index is 547. The van der Waals surface area contributed by atoms with Gasteiger partial charge in [0.2, 0.25) is 0 Å². The molecule has 0 aliphatic carbocycles. The molecule has 148 valence electrons. The van der Waals surface area contributed by atoms with Crippen LogP contribution in [0.15, 0.2) is 23.2 Å². The molecule has 0 saturated heterocycles. The van der Waals surface area contributed by atoms with Gasteiger partial charge in [-0.3, -0.25) is 0 Å². The average Bonchev–Trinajstić information content (AvgIpc) is 2.64. The van der Waals surface area contributed by atoms with E-state index in [9.17, 15) is 0 Å². The number of benzene rings is 1. The first-order chi connectivity index (χ1) is 12.5. The lowest BCUT2D eigenvalue weighted by Crippen LogP contribution is -2.39. The Morgan fingerprint density at radius 2 is 1.88 bits per heavy atom. The van der Waals surface area contributed by atoms with Crippen molar-refractivity contribution >= 4 is 5.96 Å². The molecule has 26 heavy (non-hydrogen) atoms. The largest absolute Gasteiger partial charge is 0.497 e. The quantitative estimate of drug-likeness (QED) is 0.466. The molecule has 0 heterocycles. The minimum Gasteiger partial charge on any atom is -0.497 e. The van der Waals surface area contributed by atoms with Crippen LogP contribution in [0.25, 0.3) is 0 Å². The van der Waals surface area contributed by atoms with E-state index in [-0.39, 0.29) is 6.10 Å². The third-order valence-electron chi connectivity index (χ3n) is 4.09. The van der Waals surface area contributed by atoms with E-state index in [1.54, 1.807) is 14.2 Å². The Morgan fingerprint density at radius 3 is 2.46 bits per heavy atom. The first kappa shape index (κ1) is 22.1. The highest BCUT2D eigenvalue weighted by atomic mass is 16.5. The third-order valence-corrected chi connectivity index (χ3v) is 4.09. The van der Waals surface area contributed by atoms with Gasteiger partial charge < -0.3 is 24.8 Å². The molecule has 2 N–H and O–H groups in total. The van der Waals surface area contributed by atoms with Crippen molar-refractivity contribution in [2.45, 2.75) is 46.8 Å². The minimum absolute atomic E-state index is 0.261. The highest BCUT2D eigenvalue weighted by molar-refractivity contribution is 5.79. The molecular formula is C20H35N3O3. The van der Waals surface area contributed by atoms with Crippen LogP contribution in [0.3, 0.4) is 0 Å². The second-order valence-corrected chi connectivity index (χ2v) is 6.33. The van der Waals surface area contributed by atoms with Gasteiger partial charge in [0.25, 0.3) is 0 Å². The van der Waals surface area contributed by atoms with Gasteiger partial charge in [0, 0.05) is 31.3 Å². The molecule has 0 fully saturated rings. The highest BCUT2D eigenvalue weighted by Crippen LogP contribution is 2.25. The van der Waals surface area contributed by atoms with Crippen LogP contribution in [0.4, 0.5) is 0 Å². The highest BCUT2D eigenvalue weighted by Gasteiger charge is 2.13. The monoisotopic (exact) mass is 365 g/mol. The molecule has 0 aromatic heterocycles. The summed E-state index contributed by atoms with van der Waals surface area (Å²) < 4.78 is 16.5. The van der Waals surface area contributed by atoms with Crippen LogP contribution < -0.4 is 20.1 Å². The summed E-state index contributed by atoms with van der Waals surface area (Å²) in [7, 11) is 3.30. The summed E-state index contributed by atoms with van der Waals surface area (Å²) in [4.78, 5) is 4.67. The van der Waals surface area contributed by atoms with Gasteiger partial charge in [-0.25, -0.2) is 4.99 Å². The average molecular weight is 366 g/mol. The Labute approximate surface area is 158 Å². The van der Waals surface area contributed by atoms with Crippen LogP contribution in [0.2, 0.25) is 0 Å². The molecule has 0 bridgehead atoms. The fourth-order valence-corrected chi connectivity index (χ4v) is 2.64. The Hall–Kier alpha value is -1.95. The zero-order valence-corrected chi connectivity index (χ0v) is 17.1. The predicted octanol–water partition coefficient (Wildman–Crippen LogP) is 3.21. The maximum Gasteiger partial charge on any atom is 0.191 e. The maximum absolute atomic E-state index is 5.80. The van der Waals surface area contributed by atoms with Crippen molar-refractivity contribution in [3.8, 4) is 11.5 Å². The van der Waals surface area contributed by atoms with Crippen molar-refractivity contribution in [3.63, 3.8) is 0 Å². The van der Waals surface area contributed by atoms with Crippen LogP contribution in [0, 0.1) is 5.92 Å². The number of methoxy groups -OCH3 is 2. The minimum atomic E-state index is 0.261. The van der Waals surface area contributed by atoms with Crippen molar-refractivity contribution < 1.29 is 14.2 Å². The van der Waals surface area contributed by atoms with Crippen LogP contribution in [0.1, 0.15) is 39.7 Å². The molecule has 1 atom stereocenters. The van der Waals surface area contributed by atoms with Gasteiger partial charge in [0.05, 0.1) is 26.9 Å². The smallest absolute Gasteiger partial charge is 0.191 e. The van der Waals surface area contributed by atoms with E-state index < -0.39 is 0 Å². The molecule has 1 aromatic carbocycles. The molecule has 0 radical (unpaired) electrons. The van der Waals surface area contributed by atoms with Gasteiger partial charge in [0.1, 0.15) is 11.5 Å². The van der Waals surface area contributed by atoms with Crippen molar-refractivity contribution in [2.75, 3.05) is 33.9 Å². The summed E-state index contributed by atoms with van der Waals surface area (Å²) in [6, 6.07) is 5.78. The van der Waals surface area contributed by atoms with E-state index in [1.807, 2.05) is 25.1 Å². The van der Waals surface area contributed by atoms with E-state index >= 15 is 0 Å². The number of rotatable bonds is 11. The Balaban J connectivity index is 2.68. The molecule has 0 amide bonds. The van der Waals surface area contributed by atoms with Crippen LogP contribution in [-0.2, 0) is 11.3 Å². The molecule has 0 saturated carbocycles. The Morgan fingerprint density at radius 1 is 1.12 bits per heavy atom. The number of hydrogen-bond donors (Lipinski definition) is 2. The number of nitrogens with zero attached hydrogens (tertiary/aromatic N) is 1. The number of nitrogens with one attached hydrogen (secondary N) is 2. The number of aliphatic imine (C=N–C) groups is 1. The van der Waals surface area contributed by atoms with E-state index in [2.05, 4.69) is 36.4 Å². The fourth-order valence-electron chi connectivity index (χ4n) is 2.64. The normalized spacial score (nSPS) is 12.8. The lowest BCUT2D eigenvalue weighted by Gasteiger charge is -2.21. The topological polar surface area (TPSA) is 64.1 Å². The molecule has 1 unspecified atom stereocenters. The zero-order chi connectivity index (χ0) is 19.4. The zero-order valence-electron chi connectivity index (χ0n) is 17.1.